The number of amides is 1. The molecule has 1 N–H and O–H groups in total. The largest absolute Gasteiger partial charge is 0.463 e. The molecule has 15 heteroatoms. The minimum absolute atomic E-state index is 0.0709. The van der Waals surface area contributed by atoms with Crippen molar-refractivity contribution in [2.24, 2.45) is 23.7 Å². The SMILES string of the molecule is CCCCCCCCCC[C@@H]1C[C@@H]1CCCC/C=C\CC[C@@H](O[Si](C)(C)C(C)(C)C)C(=O)N[C@@H](CO[C@@H]1O[C@H](COC(C)=O)[C@@H](OC(C)=O)[C@H](OC(C)=O)[C@H]1OCC=C(C)C)[C@@H](CCCCCCC[C@H]1C[C@H]1CCCCCCCCCC)O[Si](C)(C)C(C)(C)C. The third-order valence-corrected chi connectivity index (χ3v) is 29.4. The van der Waals surface area contributed by atoms with E-state index < -0.39 is 83.5 Å². The topological polar surface area (TPSA) is 154 Å². The summed E-state index contributed by atoms with van der Waals surface area (Å²) in [6, 6.07) is -0.681. The van der Waals surface area contributed by atoms with Crippen LogP contribution >= 0.6 is 0 Å². The summed E-state index contributed by atoms with van der Waals surface area (Å²) >= 11 is 0. The molecule has 3 rings (SSSR count). The first-order chi connectivity index (χ1) is 42.6. The van der Waals surface area contributed by atoms with Crippen LogP contribution in [0.3, 0.4) is 0 Å². The van der Waals surface area contributed by atoms with E-state index in [1.54, 1.807) is 0 Å². The van der Waals surface area contributed by atoms with Gasteiger partial charge in [-0.2, -0.15) is 0 Å². The molecule has 3 aliphatic rings. The van der Waals surface area contributed by atoms with Crippen LogP contribution in [0.5, 0.6) is 0 Å². The predicted molar refractivity (Wildman–Crippen MR) is 374 cm³/mol. The molecular weight excluding hydrogens is 1160 g/mol. The fourth-order valence-electron chi connectivity index (χ4n) is 12.4. The van der Waals surface area contributed by atoms with Gasteiger partial charge in [-0.1, -0.05) is 246 Å². The van der Waals surface area contributed by atoms with Gasteiger partial charge in [0, 0.05) is 20.8 Å². The van der Waals surface area contributed by atoms with Crippen molar-refractivity contribution >= 4 is 40.4 Å². The van der Waals surface area contributed by atoms with Crippen molar-refractivity contribution in [1.82, 2.24) is 5.32 Å². The standard InChI is InChI=1S/C75H139NO12Si2/c1-18-20-22-24-26-28-33-39-45-61-53-63(61)47-41-35-30-31-37-44-50-67(88-90(16,17)75(11,12)13)72(80)76-65(55-83-73-71(81-52-51-57(3)4)70(85-60(7)79)69(84-59(6)78)68(86-73)56-82-58(5)77)66(87-89(14,15)74(8,9)10)49-43-38-32-36-42-48-64-54-62(64)46-40-34-29-27-25-23-21-19-2/h31,37,51,61-71,73H,18-30,32-36,38-50,52-56H2,1-17H3,(H,76,80)/b37-31-/t61-,62-,63+,64+,65+,66-,67-,68-,69-,70+,71-,73-/m1/s1. The minimum atomic E-state index is -2.50. The number of hydrogen-bond donors (Lipinski definition) is 1. The Bertz CT molecular complexity index is 2050. The van der Waals surface area contributed by atoms with Gasteiger partial charge in [0.2, 0.25) is 5.91 Å². The monoisotopic (exact) mass is 1300 g/mol. The van der Waals surface area contributed by atoms with Crippen LogP contribution in [-0.4, -0.2) is 109 Å². The minimum Gasteiger partial charge on any atom is -0.463 e. The van der Waals surface area contributed by atoms with Gasteiger partial charge in [0.25, 0.3) is 0 Å². The lowest BCUT2D eigenvalue weighted by molar-refractivity contribution is -0.313. The molecule has 0 radical (unpaired) electrons. The van der Waals surface area contributed by atoms with Crippen molar-refractivity contribution in [3.05, 3.63) is 23.8 Å². The smallest absolute Gasteiger partial charge is 0.303 e. The zero-order valence-corrected chi connectivity index (χ0v) is 63.0. The fourth-order valence-corrected chi connectivity index (χ4v) is 15.1. The maximum atomic E-state index is 15.4. The van der Waals surface area contributed by atoms with Gasteiger partial charge in [0.15, 0.2) is 35.1 Å². The maximum Gasteiger partial charge on any atom is 0.303 e. The zero-order valence-electron chi connectivity index (χ0n) is 61.0. The van der Waals surface area contributed by atoms with E-state index in [1.165, 1.54) is 188 Å². The fraction of sp³-hybridized carbons (Fsp3) is 0.893. The second-order valence-corrected chi connectivity index (χ2v) is 40.5. The maximum absolute atomic E-state index is 15.4. The summed E-state index contributed by atoms with van der Waals surface area (Å²) < 4.78 is 51.9. The number of rotatable bonds is 51. The highest BCUT2D eigenvalue weighted by Gasteiger charge is 2.52. The average molecular weight is 1300 g/mol. The summed E-state index contributed by atoms with van der Waals surface area (Å²) in [7, 11) is -4.98. The van der Waals surface area contributed by atoms with Crippen molar-refractivity contribution in [1.29, 1.82) is 0 Å². The number of esters is 3. The Hall–Kier alpha value is -2.41. The molecule has 2 aliphatic carbocycles. The first-order valence-corrected chi connectivity index (χ1v) is 42.7. The van der Waals surface area contributed by atoms with Crippen LogP contribution in [0.15, 0.2) is 23.8 Å². The first kappa shape index (κ1) is 81.8. The number of carbonyl (C=O) groups is 4. The quantitative estimate of drug-likeness (QED) is 0.0203. The molecule has 0 bridgehead atoms. The molecule has 1 heterocycles. The summed E-state index contributed by atoms with van der Waals surface area (Å²) in [5, 5.41) is 3.22. The number of ether oxygens (including phenoxy) is 6. The zero-order chi connectivity index (χ0) is 66.8. The highest BCUT2D eigenvalue weighted by Crippen LogP contribution is 2.47. The van der Waals surface area contributed by atoms with Crippen LogP contribution in [0.2, 0.25) is 36.3 Å². The Labute approximate surface area is 553 Å². The lowest BCUT2D eigenvalue weighted by Crippen LogP contribution is -2.63. The Morgan fingerprint density at radius 2 is 0.967 bits per heavy atom. The van der Waals surface area contributed by atoms with E-state index in [-0.39, 0.29) is 35.8 Å². The summed E-state index contributed by atoms with van der Waals surface area (Å²) in [4.78, 5) is 53.4. The number of nitrogens with one attached hydrogen (secondary N) is 1. The molecule has 0 aromatic heterocycles. The van der Waals surface area contributed by atoms with E-state index in [4.69, 9.17) is 37.3 Å². The highest BCUT2D eigenvalue weighted by atomic mass is 28.4. The molecule has 0 unspecified atom stereocenters. The van der Waals surface area contributed by atoms with Crippen LogP contribution in [0.25, 0.3) is 0 Å². The summed E-state index contributed by atoms with van der Waals surface area (Å²) in [5.41, 5.74) is 0.998. The van der Waals surface area contributed by atoms with Crippen molar-refractivity contribution in [3.8, 4) is 0 Å². The number of carbonyl (C=O) groups excluding carboxylic acids is 4. The molecule has 1 saturated heterocycles. The Morgan fingerprint density at radius 3 is 1.43 bits per heavy atom. The van der Waals surface area contributed by atoms with Gasteiger partial charge in [-0.05, 0) is 119 Å². The van der Waals surface area contributed by atoms with E-state index in [2.05, 4.69) is 99.0 Å². The number of allylic oxidation sites excluding steroid dienone is 3. The van der Waals surface area contributed by atoms with Gasteiger partial charge in [-0.3, -0.25) is 19.2 Å². The lowest BCUT2D eigenvalue weighted by atomic mass is 9.98. The van der Waals surface area contributed by atoms with Crippen molar-refractivity contribution in [3.63, 3.8) is 0 Å². The van der Waals surface area contributed by atoms with E-state index in [1.807, 2.05) is 19.9 Å². The normalized spacial score (nSPS) is 23.1. The van der Waals surface area contributed by atoms with Crippen molar-refractivity contribution in [2.75, 3.05) is 19.8 Å². The van der Waals surface area contributed by atoms with Gasteiger partial charge in [-0.25, -0.2) is 0 Å². The van der Waals surface area contributed by atoms with Gasteiger partial charge in [-0.15, -0.1) is 0 Å². The van der Waals surface area contributed by atoms with Gasteiger partial charge in [0.05, 0.1) is 25.4 Å². The molecule has 3 fully saturated rings. The molecule has 2 saturated carbocycles. The Morgan fingerprint density at radius 1 is 0.522 bits per heavy atom. The van der Waals surface area contributed by atoms with Crippen molar-refractivity contribution in [2.45, 2.75) is 387 Å². The molecule has 0 aromatic rings. The average Bonchev–Trinajstić information content (AvgIpc) is 1.12. The molecule has 12 atom stereocenters. The van der Waals surface area contributed by atoms with Gasteiger partial charge < -0.3 is 42.6 Å². The Balaban J connectivity index is 1.89. The first-order valence-electron chi connectivity index (χ1n) is 36.9. The third kappa shape index (κ3) is 33.8. The van der Waals surface area contributed by atoms with Crippen molar-refractivity contribution < 1.29 is 56.5 Å². The van der Waals surface area contributed by atoms with Gasteiger partial charge in [0.1, 0.15) is 24.9 Å². The van der Waals surface area contributed by atoms with E-state index >= 15 is 4.79 Å². The van der Waals surface area contributed by atoms with Crippen LogP contribution in [0.1, 0.15) is 302 Å². The Kier molecular flexibility index (Phi) is 39.7. The summed E-state index contributed by atoms with van der Waals surface area (Å²) in [5.74, 6) is 1.67. The molecule has 90 heavy (non-hydrogen) atoms. The van der Waals surface area contributed by atoms with Crippen LogP contribution in [0, 0.1) is 23.7 Å². The van der Waals surface area contributed by atoms with Crippen LogP contribution in [0.4, 0.5) is 0 Å². The molecule has 0 spiro atoms. The predicted octanol–water partition coefficient (Wildman–Crippen LogP) is 19.7. The summed E-state index contributed by atoms with van der Waals surface area (Å²) in [6.07, 6.45) is 40.8. The molecule has 524 valence electrons. The van der Waals surface area contributed by atoms with Crippen LogP contribution < -0.4 is 5.32 Å². The second-order valence-electron chi connectivity index (χ2n) is 31.0. The molecular formula is C75H139NO12Si2. The molecule has 13 nitrogen and oxygen atoms in total. The van der Waals surface area contributed by atoms with E-state index in [0.29, 0.717) is 19.3 Å². The number of unbranched alkanes of at least 4 members (excludes halogenated alkanes) is 20. The van der Waals surface area contributed by atoms with Gasteiger partial charge >= 0.3 is 17.9 Å². The number of hydrogen-bond acceptors (Lipinski definition) is 12. The lowest BCUT2D eigenvalue weighted by Gasteiger charge is -2.45. The van der Waals surface area contributed by atoms with E-state index in [0.717, 1.165) is 54.9 Å². The second kappa shape index (κ2) is 43.6. The van der Waals surface area contributed by atoms with E-state index in [9.17, 15) is 14.4 Å². The van der Waals surface area contributed by atoms with Crippen LogP contribution in [-0.2, 0) is 56.5 Å². The third-order valence-electron chi connectivity index (χ3n) is 20.4. The summed E-state index contributed by atoms with van der Waals surface area (Å²) in [6.45, 7) is 34.3. The highest BCUT2D eigenvalue weighted by molar-refractivity contribution is 6.74. The molecule has 1 aliphatic heterocycles. The molecule has 0 aromatic carbocycles. The molecule has 1 amide bonds.